The maximum atomic E-state index is 12.6. The molecule has 2 N–H and O–H groups in total. The van der Waals surface area contributed by atoms with Gasteiger partial charge >= 0.3 is 0 Å². The van der Waals surface area contributed by atoms with E-state index in [9.17, 15) is 13.2 Å². The van der Waals surface area contributed by atoms with Crippen molar-refractivity contribution in [1.82, 2.24) is 10.0 Å². The number of amides is 1. The van der Waals surface area contributed by atoms with Crippen LogP contribution in [0.1, 0.15) is 6.92 Å². The molecular weight excluding hydrogens is 346 g/mol. The van der Waals surface area contributed by atoms with Crippen LogP contribution in [0.5, 0.6) is 5.75 Å². The minimum Gasteiger partial charge on any atom is -0.490 e. The highest BCUT2D eigenvalue weighted by Crippen LogP contribution is 2.33. The molecule has 25 heavy (non-hydrogen) atoms. The lowest BCUT2D eigenvalue weighted by atomic mass is 10.2. The number of hydrogen-bond acceptors (Lipinski definition) is 6. The predicted molar refractivity (Wildman–Crippen MR) is 92.3 cm³/mol. The summed E-state index contributed by atoms with van der Waals surface area (Å²) in [4.78, 5) is 13.4. The van der Waals surface area contributed by atoms with E-state index in [1.165, 1.54) is 24.0 Å². The van der Waals surface area contributed by atoms with E-state index in [1.807, 2.05) is 0 Å². The first kappa shape index (κ1) is 18.1. The largest absolute Gasteiger partial charge is 0.490 e. The summed E-state index contributed by atoms with van der Waals surface area (Å²) in [5.41, 5.74) is 0.487. The number of carbonyl (C=O) groups is 1. The van der Waals surface area contributed by atoms with E-state index in [2.05, 4.69) is 10.0 Å². The molecule has 1 aromatic rings. The number of ether oxygens (including phenoxy) is 2. The topological polar surface area (TPSA) is 97.0 Å². The van der Waals surface area contributed by atoms with Gasteiger partial charge < -0.3 is 19.7 Å². The number of nitrogens with zero attached hydrogens (tertiary/aromatic N) is 1. The minimum atomic E-state index is -3.68. The zero-order chi connectivity index (χ0) is 17.9. The average Bonchev–Trinajstić information content (AvgIpc) is 2.87. The lowest BCUT2D eigenvalue weighted by molar-refractivity contribution is -0.116. The molecule has 2 heterocycles. The van der Waals surface area contributed by atoms with Crippen LogP contribution in [0.4, 0.5) is 5.69 Å². The molecule has 138 valence electrons. The van der Waals surface area contributed by atoms with E-state index in [-0.39, 0.29) is 16.7 Å². The molecule has 8 nitrogen and oxygen atoms in total. The number of sulfonamides is 1. The number of carbonyl (C=O) groups excluding carboxylic acids is 1. The molecule has 0 aliphatic carbocycles. The smallest absolute Gasteiger partial charge is 0.240 e. The molecule has 1 atom stereocenters. The van der Waals surface area contributed by atoms with E-state index >= 15 is 0 Å². The second-order valence-corrected chi connectivity index (χ2v) is 7.91. The van der Waals surface area contributed by atoms with E-state index in [0.717, 1.165) is 6.54 Å². The first-order valence-corrected chi connectivity index (χ1v) is 9.79. The molecule has 1 amide bonds. The molecule has 0 bridgehead atoms. The molecule has 1 aromatic carbocycles. The fourth-order valence-corrected chi connectivity index (χ4v) is 4.03. The Balaban J connectivity index is 1.75. The third-order valence-electron chi connectivity index (χ3n) is 4.26. The summed E-state index contributed by atoms with van der Waals surface area (Å²) in [6.45, 7) is 5.18. The maximum absolute atomic E-state index is 12.6. The number of fused-ring (bicyclic) bond motifs is 1. The first-order valence-electron chi connectivity index (χ1n) is 8.30. The van der Waals surface area contributed by atoms with Gasteiger partial charge in [-0.3, -0.25) is 4.79 Å². The summed E-state index contributed by atoms with van der Waals surface area (Å²) in [6.07, 6.45) is 0. The second-order valence-electron chi connectivity index (χ2n) is 6.15. The molecule has 3 rings (SSSR count). The Morgan fingerprint density at radius 1 is 1.40 bits per heavy atom. The van der Waals surface area contributed by atoms with Gasteiger partial charge in [0.25, 0.3) is 0 Å². The van der Waals surface area contributed by atoms with Crippen LogP contribution in [-0.2, 0) is 19.6 Å². The van der Waals surface area contributed by atoms with E-state index in [4.69, 9.17) is 9.47 Å². The Labute approximate surface area is 147 Å². The van der Waals surface area contributed by atoms with Crippen molar-refractivity contribution in [2.24, 2.45) is 5.92 Å². The summed E-state index contributed by atoms with van der Waals surface area (Å²) in [5, 5.41) is 3.21. The predicted octanol–water partition coefficient (Wildman–Crippen LogP) is -0.0538. The van der Waals surface area contributed by atoms with Gasteiger partial charge in [-0.25, -0.2) is 13.1 Å². The highest BCUT2D eigenvalue weighted by atomic mass is 32.2. The van der Waals surface area contributed by atoms with Crippen molar-refractivity contribution in [1.29, 1.82) is 0 Å². The molecular formula is C16H23N3O5S. The number of anilines is 1. The lowest BCUT2D eigenvalue weighted by Gasteiger charge is -2.29. The monoisotopic (exact) mass is 369 g/mol. The van der Waals surface area contributed by atoms with Gasteiger partial charge in [0.05, 0.1) is 30.3 Å². The summed E-state index contributed by atoms with van der Waals surface area (Å²) >= 11 is 0. The van der Waals surface area contributed by atoms with Crippen LogP contribution in [0.25, 0.3) is 0 Å². The van der Waals surface area contributed by atoms with Gasteiger partial charge in [0.15, 0.2) is 0 Å². The SMILES string of the molecule is CC(=O)N1CCOc2ccc(S(=O)(=O)NC[C@@H]3CNCCOC3)cc21. The van der Waals surface area contributed by atoms with Crippen molar-refractivity contribution in [2.75, 3.05) is 50.9 Å². The fraction of sp³-hybridized carbons (Fsp3) is 0.562. The Hall–Kier alpha value is -1.68. The maximum Gasteiger partial charge on any atom is 0.240 e. The summed E-state index contributed by atoms with van der Waals surface area (Å²) in [5.74, 6) is 0.447. The summed E-state index contributed by atoms with van der Waals surface area (Å²) < 4.78 is 38.8. The van der Waals surface area contributed by atoms with E-state index < -0.39 is 10.0 Å². The van der Waals surface area contributed by atoms with Gasteiger partial charge in [-0.05, 0) is 18.2 Å². The van der Waals surface area contributed by atoms with Crippen LogP contribution in [0.15, 0.2) is 23.1 Å². The third-order valence-corrected chi connectivity index (χ3v) is 5.68. The van der Waals surface area contributed by atoms with Crippen LogP contribution in [0.2, 0.25) is 0 Å². The number of rotatable bonds is 4. The third kappa shape index (κ3) is 4.30. The van der Waals surface area contributed by atoms with Crippen LogP contribution in [0.3, 0.4) is 0 Å². The van der Waals surface area contributed by atoms with Crippen LogP contribution < -0.4 is 19.7 Å². The normalized spacial score (nSPS) is 21.2. The average molecular weight is 369 g/mol. The van der Waals surface area contributed by atoms with Gasteiger partial charge in [-0.15, -0.1) is 0 Å². The van der Waals surface area contributed by atoms with Gasteiger partial charge in [0.2, 0.25) is 15.9 Å². The Kier molecular flexibility index (Phi) is 5.57. The zero-order valence-corrected chi connectivity index (χ0v) is 15.0. The molecule has 0 aromatic heterocycles. The quantitative estimate of drug-likeness (QED) is 0.772. The number of benzene rings is 1. The summed E-state index contributed by atoms with van der Waals surface area (Å²) in [7, 11) is -3.68. The van der Waals surface area contributed by atoms with Gasteiger partial charge in [0, 0.05) is 32.5 Å². The second kappa shape index (κ2) is 7.69. The Bertz CT molecular complexity index is 729. The Morgan fingerprint density at radius 2 is 2.24 bits per heavy atom. The van der Waals surface area contributed by atoms with Crippen molar-refractivity contribution < 1.29 is 22.7 Å². The number of hydrogen-bond donors (Lipinski definition) is 2. The molecule has 1 saturated heterocycles. The molecule has 2 aliphatic rings. The van der Waals surface area contributed by atoms with Crippen LogP contribution in [0, 0.1) is 5.92 Å². The van der Waals surface area contributed by atoms with Gasteiger partial charge in [-0.2, -0.15) is 0 Å². The minimum absolute atomic E-state index is 0.0759. The van der Waals surface area contributed by atoms with Crippen LogP contribution >= 0.6 is 0 Å². The molecule has 1 fully saturated rings. The lowest BCUT2D eigenvalue weighted by Crippen LogP contribution is -2.37. The molecule has 0 radical (unpaired) electrons. The fourth-order valence-electron chi connectivity index (χ4n) is 2.89. The highest BCUT2D eigenvalue weighted by Gasteiger charge is 2.25. The van der Waals surface area contributed by atoms with E-state index in [0.29, 0.717) is 50.9 Å². The first-order chi connectivity index (χ1) is 12.0. The molecule has 0 saturated carbocycles. The summed E-state index contributed by atoms with van der Waals surface area (Å²) in [6, 6.07) is 4.57. The van der Waals surface area contributed by atoms with Crippen molar-refractivity contribution in [3.05, 3.63) is 18.2 Å². The van der Waals surface area contributed by atoms with Gasteiger partial charge in [0.1, 0.15) is 12.4 Å². The number of nitrogens with one attached hydrogen (secondary N) is 2. The van der Waals surface area contributed by atoms with Gasteiger partial charge in [-0.1, -0.05) is 0 Å². The highest BCUT2D eigenvalue weighted by molar-refractivity contribution is 7.89. The van der Waals surface area contributed by atoms with Crippen molar-refractivity contribution >= 4 is 21.6 Å². The van der Waals surface area contributed by atoms with Crippen LogP contribution in [-0.4, -0.2) is 60.3 Å². The van der Waals surface area contributed by atoms with E-state index in [1.54, 1.807) is 6.07 Å². The Morgan fingerprint density at radius 3 is 3.04 bits per heavy atom. The molecule has 9 heteroatoms. The van der Waals surface area contributed by atoms with Crippen molar-refractivity contribution in [3.8, 4) is 5.75 Å². The van der Waals surface area contributed by atoms with Crippen molar-refractivity contribution in [3.63, 3.8) is 0 Å². The van der Waals surface area contributed by atoms with Crippen molar-refractivity contribution in [2.45, 2.75) is 11.8 Å². The zero-order valence-electron chi connectivity index (χ0n) is 14.2. The molecule has 0 unspecified atom stereocenters. The molecule has 2 aliphatic heterocycles. The molecule has 0 spiro atoms. The standard InChI is InChI=1S/C16H23N3O5S/c1-12(20)19-5-7-24-16-3-2-14(8-15(16)19)25(21,22)18-10-13-9-17-4-6-23-11-13/h2-3,8,13,17-18H,4-7,9-11H2,1H3/t13-/m0/s1.